The van der Waals surface area contributed by atoms with Crippen LogP contribution in [0.25, 0.3) is 5.65 Å². The first kappa shape index (κ1) is 13.6. The van der Waals surface area contributed by atoms with Gasteiger partial charge in [0, 0.05) is 36.4 Å². The lowest BCUT2D eigenvalue weighted by Gasteiger charge is -2.07. The smallest absolute Gasteiger partial charge is 0.308 e. The van der Waals surface area contributed by atoms with Gasteiger partial charge in [-0.25, -0.2) is 9.78 Å². The van der Waals surface area contributed by atoms with Crippen molar-refractivity contribution in [1.29, 1.82) is 0 Å². The number of rotatable bonds is 3. The third-order valence-corrected chi connectivity index (χ3v) is 2.98. The van der Waals surface area contributed by atoms with E-state index >= 15 is 0 Å². The molecule has 0 atom stereocenters. The average molecular weight is 297 g/mol. The van der Waals surface area contributed by atoms with E-state index in [-0.39, 0.29) is 5.69 Å². The largest absolute Gasteiger partial charge is 0.323 e. The van der Waals surface area contributed by atoms with E-state index in [0.29, 0.717) is 11.4 Å². The van der Waals surface area contributed by atoms with E-state index in [2.05, 4.69) is 15.6 Å². The first-order chi connectivity index (χ1) is 10.6. The average Bonchev–Trinajstić information content (AvgIpc) is 2.95. The topological polar surface area (TPSA) is 102 Å². The number of anilines is 2. The van der Waals surface area contributed by atoms with E-state index < -0.39 is 11.0 Å². The van der Waals surface area contributed by atoms with Crippen molar-refractivity contribution >= 4 is 28.7 Å². The molecule has 0 aliphatic rings. The SMILES string of the molecule is O=C(Nc1ccc([N+](=O)[O-])cc1)Nc1ccc2nccn2c1. The van der Waals surface area contributed by atoms with E-state index in [1.54, 1.807) is 35.1 Å². The Kier molecular flexibility index (Phi) is 3.40. The lowest BCUT2D eigenvalue weighted by Crippen LogP contribution is -2.19. The number of fused-ring (bicyclic) bond motifs is 1. The van der Waals surface area contributed by atoms with Crippen LogP contribution in [0.3, 0.4) is 0 Å². The summed E-state index contributed by atoms with van der Waals surface area (Å²) in [4.78, 5) is 26.1. The van der Waals surface area contributed by atoms with Crippen molar-refractivity contribution in [1.82, 2.24) is 9.38 Å². The number of carbonyl (C=O) groups is 1. The predicted octanol–water partition coefficient (Wildman–Crippen LogP) is 2.89. The van der Waals surface area contributed by atoms with E-state index in [0.717, 1.165) is 5.65 Å². The Morgan fingerprint density at radius 1 is 1.09 bits per heavy atom. The monoisotopic (exact) mass is 297 g/mol. The minimum absolute atomic E-state index is 0.0310. The number of aromatic nitrogens is 2. The van der Waals surface area contributed by atoms with Gasteiger partial charge >= 0.3 is 6.03 Å². The lowest BCUT2D eigenvalue weighted by atomic mass is 10.3. The molecule has 2 N–H and O–H groups in total. The second kappa shape index (κ2) is 5.52. The second-order valence-corrected chi connectivity index (χ2v) is 4.49. The number of pyridine rings is 1. The maximum absolute atomic E-state index is 11.9. The van der Waals surface area contributed by atoms with Crippen LogP contribution < -0.4 is 10.6 Å². The summed E-state index contributed by atoms with van der Waals surface area (Å²) in [6.07, 6.45) is 5.17. The van der Waals surface area contributed by atoms with Gasteiger partial charge in [-0.05, 0) is 24.3 Å². The Hall–Kier alpha value is -3.42. The van der Waals surface area contributed by atoms with E-state index in [1.807, 2.05) is 0 Å². The molecule has 0 radical (unpaired) electrons. The predicted molar refractivity (Wildman–Crippen MR) is 80.9 cm³/mol. The number of amides is 2. The van der Waals surface area contributed by atoms with Crippen LogP contribution in [0.4, 0.5) is 21.9 Å². The number of hydrogen-bond acceptors (Lipinski definition) is 4. The summed E-state index contributed by atoms with van der Waals surface area (Å²) in [6, 6.07) is 8.67. The van der Waals surface area contributed by atoms with E-state index in [1.165, 1.54) is 24.3 Å². The molecule has 0 aliphatic carbocycles. The summed E-state index contributed by atoms with van der Waals surface area (Å²) in [5, 5.41) is 15.8. The third kappa shape index (κ3) is 2.85. The number of benzene rings is 1. The fraction of sp³-hybridized carbons (Fsp3) is 0. The van der Waals surface area contributed by atoms with Gasteiger partial charge in [-0.15, -0.1) is 0 Å². The molecule has 8 nitrogen and oxygen atoms in total. The highest BCUT2D eigenvalue weighted by Crippen LogP contribution is 2.16. The molecule has 0 aliphatic heterocycles. The fourth-order valence-electron chi connectivity index (χ4n) is 1.95. The Balaban J connectivity index is 1.67. The first-order valence-corrected chi connectivity index (χ1v) is 6.37. The van der Waals surface area contributed by atoms with E-state index in [4.69, 9.17) is 0 Å². The zero-order valence-electron chi connectivity index (χ0n) is 11.3. The van der Waals surface area contributed by atoms with Crippen LogP contribution in [0.2, 0.25) is 0 Å². The van der Waals surface area contributed by atoms with Crippen molar-refractivity contribution in [3.05, 3.63) is 65.1 Å². The zero-order valence-corrected chi connectivity index (χ0v) is 11.3. The maximum atomic E-state index is 11.9. The number of nitrogens with zero attached hydrogens (tertiary/aromatic N) is 3. The van der Waals surface area contributed by atoms with Crippen LogP contribution in [0.5, 0.6) is 0 Å². The van der Waals surface area contributed by atoms with Crippen molar-refractivity contribution in [2.24, 2.45) is 0 Å². The van der Waals surface area contributed by atoms with Gasteiger partial charge in [0.2, 0.25) is 0 Å². The number of nitro benzene ring substituents is 1. The fourth-order valence-corrected chi connectivity index (χ4v) is 1.95. The number of nitro groups is 1. The standard InChI is InChI=1S/C14H11N5O3/c20-14(16-10-1-4-12(5-2-10)19(21)22)17-11-3-6-13-15-7-8-18(13)9-11/h1-9H,(H2,16,17,20). The van der Waals surface area contributed by atoms with Gasteiger partial charge in [-0.3, -0.25) is 10.1 Å². The van der Waals surface area contributed by atoms with Crippen LogP contribution >= 0.6 is 0 Å². The second-order valence-electron chi connectivity index (χ2n) is 4.49. The van der Waals surface area contributed by atoms with E-state index in [9.17, 15) is 14.9 Å². The van der Waals surface area contributed by atoms with Crippen LogP contribution in [0, 0.1) is 10.1 Å². The molecule has 3 aromatic rings. The molecule has 0 saturated heterocycles. The van der Waals surface area contributed by atoms with Crippen molar-refractivity contribution < 1.29 is 9.72 Å². The molecule has 0 unspecified atom stereocenters. The third-order valence-electron chi connectivity index (χ3n) is 2.98. The summed E-state index contributed by atoms with van der Waals surface area (Å²) in [5.41, 5.74) is 1.81. The highest BCUT2D eigenvalue weighted by atomic mass is 16.6. The van der Waals surface area contributed by atoms with Gasteiger partial charge in [0.25, 0.3) is 5.69 Å². The van der Waals surface area contributed by atoms with Crippen molar-refractivity contribution in [3.8, 4) is 0 Å². The Morgan fingerprint density at radius 2 is 1.77 bits per heavy atom. The minimum atomic E-state index is -0.496. The molecule has 2 amide bonds. The molecule has 0 saturated carbocycles. The number of hydrogen-bond donors (Lipinski definition) is 2. The molecule has 0 fully saturated rings. The number of nitrogens with one attached hydrogen (secondary N) is 2. The van der Waals surface area contributed by atoms with Crippen LogP contribution in [0.1, 0.15) is 0 Å². The number of urea groups is 1. The number of carbonyl (C=O) groups excluding carboxylic acids is 1. The highest BCUT2D eigenvalue weighted by Gasteiger charge is 2.07. The lowest BCUT2D eigenvalue weighted by molar-refractivity contribution is -0.384. The van der Waals surface area contributed by atoms with Crippen molar-refractivity contribution in [3.63, 3.8) is 0 Å². The highest BCUT2D eigenvalue weighted by molar-refractivity contribution is 5.99. The summed E-state index contributed by atoms with van der Waals surface area (Å²) < 4.78 is 1.78. The molecule has 22 heavy (non-hydrogen) atoms. The molecule has 0 spiro atoms. The normalized spacial score (nSPS) is 10.4. The molecule has 0 bridgehead atoms. The Bertz CT molecular complexity index is 841. The summed E-state index contributed by atoms with van der Waals surface area (Å²) >= 11 is 0. The molecule has 2 aromatic heterocycles. The molecular weight excluding hydrogens is 286 g/mol. The minimum Gasteiger partial charge on any atom is -0.308 e. The van der Waals surface area contributed by atoms with Crippen LogP contribution in [-0.2, 0) is 0 Å². The maximum Gasteiger partial charge on any atom is 0.323 e. The zero-order chi connectivity index (χ0) is 15.5. The van der Waals surface area contributed by atoms with Gasteiger partial charge < -0.3 is 15.0 Å². The van der Waals surface area contributed by atoms with Gasteiger partial charge in [0.1, 0.15) is 5.65 Å². The molecule has 110 valence electrons. The quantitative estimate of drug-likeness (QED) is 0.573. The van der Waals surface area contributed by atoms with Gasteiger partial charge in [0.05, 0.1) is 10.6 Å². The van der Waals surface area contributed by atoms with Gasteiger partial charge in [-0.2, -0.15) is 0 Å². The van der Waals surface area contributed by atoms with Crippen LogP contribution in [-0.4, -0.2) is 20.3 Å². The molecule has 3 rings (SSSR count). The number of imidazole rings is 1. The summed E-state index contributed by atoms with van der Waals surface area (Å²) in [7, 11) is 0. The molecule has 8 heteroatoms. The molecule has 1 aromatic carbocycles. The van der Waals surface area contributed by atoms with Crippen molar-refractivity contribution in [2.75, 3.05) is 10.6 Å². The summed E-state index contributed by atoms with van der Waals surface area (Å²) in [5.74, 6) is 0. The number of non-ortho nitro benzene ring substituents is 1. The van der Waals surface area contributed by atoms with Crippen molar-refractivity contribution in [2.45, 2.75) is 0 Å². The first-order valence-electron chi connectivity index (χ1n) is 6.37. The Morgan fingerprint density at radius 3 is 2.50 bits per heavy atom. The van der Waals surface area contributed by atoms with Gasteiger partial charge in [0.15, 0.2) is 0 Å². The summed E-state index contributed by atoms with van der Waals surface area (Å²) in [6.45, 7) is 0. The Labute approximate surface area is 124 Å². The molecule has 2 heterocycles. The van der Waals surface area contributed by atoms with Crippen LogP contribution in [0.15, 0.2) is 55.0 Å². The molecular formula is C14H11N5O3. The van der Waals surface area contributed by atoms with Gasteiger partial charge in [-0.1, -0.05) is 0 Å².